The fourth-order valence-corrected chi connectivity index (χ4v) is 5.05. The van der Waals surface area contributed by atoms with Gasteiger partial charge in [-0.2, -0.15) is 31.3 Å². The number of carbonyl (C=O) groups excluding carboxylic acids is 2. The first-order chi connectivity index (χ1) is 24.0. The molecule has 2 amide bonds. The maximum atomic E-state index is 14.1. The second-order valence-electron chi connectivity index (χ2n) is 13.8. The number of hydrogen-bond acceptors (Lipinski definition) is 9. The lowest BCUT2D eigenvalue weighted by molar-refractivity contribution is -0.139. The van der Waals surface area contributed by atoms with Gasteiger partial charge in [0.15, 0.2) is 0 Å². The Labute approximate surface area is 295 Å². The number of likely N-dealkylation sites (tertiary alicyclic amines) is 1. The molecule has 12 nitrogen and oxygen atoms in total. The Morgan fingerprint density at radius 1 is 0.962 bits per heavy atom. The Bertz CT molecular complexity index is 1750. The van der Waals surface area contributed by atoms with Gasteiger partial charge in [0, 0.05) is 12.1 Å². The number of aryl methyl sites for hydroxylation is 1. The van der Waals surface area contributed by atoms with E-state index in [4.69, 9.17) is 18.7 Å². The van der Waals surface area contributed by atoms with Crippen LogP contribution in [0.3, 0.4) is 0 Å². The molecule has 2 N–H and O–H groups in total. The van der Waals surface area contributed by atoms with E-state index in [2.05, 4.69) is 20.4 Å². The highest BCUT2D eigenvalue weighted by molar-refractivity contribution is 5.99. The molecule has 0 aliphatic carbocycles. The summed E-state index contributed by atoms with van der Waals surface area (Å²) < 4.78 is 102. The van der Waals surface area contributed by atoms with Crippen LogP contribution in [0, 0.1) is 0 Å². The maximum Gasteiger partial charge on any atom is 0.437 e. The molecule has 3 aromatic rings. The maximum absolute atomic E-state index is 14.1. The number of amides is 2. The lowest BCUT2D eigenvalue weighted by Gasteiger charge is -2.28. The topological polar surface area (TPSA) is 149 Å². The molecule has 0 radical (unpaired) electrons. The van der Waals surface area contributed by atoms with E-state index in [0.717, 1.165) is 24.3 Å². The summed E-state index contributed by atoms with van der Waals surface area (Å²) >= 11 is 0. The number of aliphatic imine (C=N–C) groups is 1. The van der Waals surface area contributed by atoms with Gasteiger partial charge in [0.2, 0.25) is 11.8 Å². The average molecular weight is 744 g/mol. The molecule has 52 heavy (non-hydrogen) atoms. The van der Waals surface area contributed by atoms with Crippen LogP contribution >= 0.6 is 0 Å². The quantitative estimate of drug-likeness (QED) is 0.107. The number of carbonyl (C=O) groups is 2. The molecule has 4 rings (SSSR count). The molecule has 1 aliphatic heterocycles. The molecule has 0 unspecified atom stereocenters. The summed E-state index contributed by atoms with van der Waals surface area (Å²) in [6.45, 7) is 9.57. The highest BCUT2D eigenvalue weighted by atomic mass is 19.4. The summed E-state index contributed by atoms with van der Waals surface area (Å²) in [5.74, 6) is -1.36. The molecule has 2 heterocycles. The molecule has 0 bridgehead atoms. The van der Waals surface area contributed by atoms with Gasteiger partial charge in [-0.15, -0.1) is 4.99 Å². The summed E-state index contributed by atoms with van der Waals surface area (Å²) in [7, 11) is 0. The van der Waals surface area contributed by atoms with Crippen molar-refractivity contribution < 1.29 is 59.8 Å². The van der Waals surface area contributed by atoms with Crippen molar-refractivity contribution in [2.24, 2.45) is 4.99 Å². The number of hydrogen-bond donors (Lipinski definition) is 2. The number of nitrogens with zero attached hydrogens (tertiary/aromatic N) is 4. The summed E-state index contributed by atoms with van der Waals surface area (Å²) in [6, 6.07) is 6.40. The number of nitrogens with one attached hydrogen (secondary N) is 1. The minimum Gasteiger partial charge on any atom is -0.493 e. The summed E-state index contributed by atoms with van der Waals surface area (Å²) in [4.78, 5) is 34.8. The third kappa shape index (κ3) is 11.1. The standard InChI is InChI=1S/C34H39F6N5O7/c1-31(2,3)50-29(47)42-28(43-30(48)51-32(4,5)6)45-16-15-23(46)25(45)27-41-26(44-52-27)20-11-14-24(22(18-20)34(38,39)40)49-17-7-8-19-9-12-21(13-10-19)33(35,36)37/h9-14,18,23,25,46H,7-8,15-17H2,1-6H3,(H,42,43,47,48)/t23-,25-/m0/s1. The molecule has 1 fully saturated rings. The van der Waals surface area contributed by atoms with Gasteiger partial charge in [-0.25, -0.2) is 9.59 Å². The van der Waals surface area contributed by atoms with Crippen LogP contribution < -0.4 is 10.1 Å². The second-order valence-corrected chi connectivity index (χ2v) is 13.8. The second kappa shape index (κ2) is 15.4. The Hall–Kier alpha value is -4.87. The Balaban J connectivity index is 1.54. The number of alkyl halides is 6. The van der Waals surface area contributed by atoms with Gasteiger partial charge in [0.1, 0.15) is 23.0 Å². The minimum absolute atomic E-state index is 0.0318. The van der Waals surface area contributed by atoms with E-state index in [9.17, 15) is 41.0 Å². The number of aliphatic hydroxyl groups excluding tert-OH is 1. The zero-order valence-corrected chi connectivity index (χ0v) is 29.2. The smallest absolute Gasteiger partial charge is 0.437 e. The van der Waals surface area contributed by atoms with Crippen LogP contribution in [-0.4, -0.2) is 68.8 Å². The van der Waals surface area contributed by atoms with Crippen LogP contribution in [0.4, 0.5) is 35.9 Å². The van der Waals surface area contributed by atoms with Gasteiger partial charge in [0.05, 0.1) is 23.8 Å². The molecular weight excluding hydrogens is 704 g/mol. The van der Waals surface area contributed by atoms with Crippen molar-refractivity contribution in [1.82, 2.24) is 20.4 Å². The summed E-state index contributed by atoms with van der Waals surface area (Å²) in [5, 5.41) is 17.1. The molecule has 1 aliphatic rings. The highest BCUT2D eigenvalue weighted by Crippen LogP contribution is 2.39. The SMILES string of the molecule is CC(C)(C)OC(=O)N=C(NC(=O)OC(C)(C)C)N1CC[C@H](O)[C@H]1c1nc(-c2ccc(OCCCc3ccc(C(F)(F)F)cc3)c(C(F)(F)F)c2)no1. The van der Waals surface area contributed by atoms with Gasteiger partial charge in [0.25, 0.3) is 5.89 Å². The normalized spacial score (nSPS) is 17.2. The molecule has 2 aromatic carbocycles. The van der Waals surface area contributed by atoms with Crippen molar-refractivity contribution >= 4 is 18.1 Å². The van der Waals surface area contributed by atoms with Crippen LogP contribution in [0.25, 0.3) is 11.4 Å². The van der Waals surface area contributed by atoms with Gasteiger partial charge in [-0.1, -0.05) is 17.3 Å². The van der Waals surface area contributed by atoms with Crippen LogP contribution in [0.2, 0.25) is 0 Å². The van der Waals surface area contributed by atoms with Crippen LogP contribution in [-0.2, 0) is 28.2 Å². The van der Waals surface area contributed by atoms with Crippen molar-refractivity contribution in [2.45, 2.75) is 96.5 Å². The number of rotatable bonds is 7. The number of aromatic nitrogens is 2. The number of benzene rings is 2. The molecular formula is C34H39F6N5O7. The minimum atomic E-state index is -4.86. The first-order valence-electron chi connectivity index (χ1n) is 16.1. The molecule has 1 saturated heterocycles. The van der Waals surface area contributed by atoms with E-state index < -0.39 is 64.8 Å². The van der Waals surface area contributed by atoms with Crippen molar-refractivity contribution in [2.75, 3.05) is 13.2 Å². The zero-order chi connectivity index (χ0) is 38.6. The van der Waals surface area contributed by atoms with Crippen molar-refractivity contribution in [1.29, 1.82) is 0 Å². The lowest BCUT2D eigenvalue weighted by atomic mass is 10.1. The van der Waals surface area contributed by atoms with Crippen molar-refractivity contribution in [3.05, 3.63) is 65.0 Å². The molecule has 2 atom stereocenters. The summed E-state index contributed by atoms with van der Waals surface area (Å²) in [5.41, 5.74) is -3.34. The predicted molar refractivity (Wildman–Crippen MR) is 173 cm³/mol. The van der Waals surface area contributed by atoms with Crippen molar-refractivity contribution in [3.8, 4) is 17.1 Å². The number of ether oxygens (including phenoxy) is 3. The number of aliphatic hydroxyl groups is 1. The van der Waals surface area contributed by atoms with E-state index in [1.165, 1.54) is 23.1 Å². The first kappa shape index (κ1) is 39.9. The first-order valence-corrected chi connectivity index (χ1v) is 16.1. The largest absolute Gasteiger partial charge is 0.493 e. The van der Waals surface area contributed by atoms with Gasteiger partial charge in [-0.05, 0) is 96.7 Å². The van der Waals surface area contributed by atoms with Gasteiger partial charge >= 0.3 is 24.5 Å². The van der Waals surface area contributed by atoms with Gasteiger partial charge in [-0.3, -0.25) is 5.32 Å². The number of halogens is 6. The van der Waals surface area contributed by atoms with E-state index in [-0.39, 0.29) is 55.7 Å². The number of alkyl carbamates (subject to hydrolysis) is 1. The molecule has 0 saturated carbocycles. The third-order valence-corrected chi connectivity index (χ3v) is 7.23. The zero-order valence-electron chi connectivity index (χ0n) is 29.2. The Morgan fingerprint density at radius 2 is 1.62 bits per heavy atom. The molecule has 18 heteroatoms. The van der Waals surface area contributed by atoms with Crippen LogP contribution in [0.1, 0.15) is 83.0 Å². The monoisotopic (exact) mass is 743 g/mol. The van der Waals surface area contributed by atoms with E-state index in [1.807, 2.05) is 0 Å². The van der Waals surface area contributed by atoms with Crippen LogP contribution in [0.15, 0.2) is 52.0 Å². The molecule has 1 aromatic heterocycles. The van der Waals surface area contributed by atoms with Gasteiger partial charge < -0.3 is 28.7 Å². The highest BCUT2D eigenvalue weighted by Gasteiger charge is 2.42. The Kier molecular flexibility index (Phi) is 11.8. The van der Waals surface area contributed by atoms with Crippen molar-refractivity contribution in [3.63, 3.8) is 0 Å². The molecule has 284 valence electrons. The number of guanidine groups is 1. The lowest BCUT2D eigenvalue weighted by Crippen LogP contribution is -2.47. The fourth-order valence-electron chi connectivity index (χ4n) is 5.05. The summed E-state index contributed by atoms with van der Waals surface area (Å²) in [6.07, 6.45) is -12.0. The van der Waals surface area contributed by atoms with E-state index >= 15 is 0 Å². The molecule has 0 spiro atoms. The van der Waals surface area contributed by atoms with E-state index in [1.54, 1.807) is 41.5 Å². The Morgan fingerprint density at radius 3 is 2.21 bits per heavy atom. The third-order valence-electron chi connectivity index (χ3n) is 7.23. The average Bonchev–Trinajstić information content (AvgIpc) is 3.63. The van der Waals surface area contributed by atoms with E-state index in [0.29, 0.717) is 5.56 Å². The predicted octanol–water partition coefficient (Wildman–Crippen LogP) is 7.71. The van der Waals surface area contributed by atoms with Crippen LogP contribution in [0.5, 0.6) is 5.75 Å². The fraction of sp³-hybridized carbons (Fsp3) is 0.500.